The van der Waals surface area contributed by atoms with Crippen molar-refractivity contribution in [3.05, 3.63) is 59.9 Å². The van der Waals surface area contributed by atoms with E-state index < -0.39 is 0 Å². The summed E-state index contributed by atoms with van der Waals surface area (Å²) < 4.78 is 0. The van der Waals surface area contributed by atoms with Gasteiger partial charge in [-0.15, -0.1) is 5.73 Å². The zero-order valence-electron chi connectivity index (χ0n) is 15.8. The molecule has 1 saturated carbocycles. The number of rotatable bonds is 4. The number of fused-ring (bicyclic) bond motifs is 5. The summed E-state index contributed by atoms with van der Waals surface area (Å²) in [5.74, 6) is -0.756. The summed E-state index contributed by atoms with van der Waals surface area (Å²) in [7, 11) is 0. The van der Waals surface area contributed by atoms with Gasteiger partial charge in [-0.1, -0.05) is 30.4 Å². The normalized spacial score (nSPS) is 29.9. The molecule has 2 heterocycles. The van der Waals surface area contributed by atoms with Crippen LogP contribution in [0.4, 0.5) is 5.69 Å². The molecular formula is C23H20N2O4. The highest BCUT2D eigenvalue weighted by Crippen LogP contribution is 2.52. The molecule has 1 aromatic rings. The van der Waals surface area contributed by atoms with E-state index >= 15 is 0 Å². The van der Waals surface area contributed by atoms with Crippen molar-refractivity contribution < 1.29 is 19.2 Å². The number of imide groups is 2. The molecule has 0 N–H and O–H groups in total. The Hall–Kier alpha value is -3.24. The highest BCUT2D eigenvalue weighted by Gasteiger charge is 2.58. The largest absolute Gasteiger partial charge is 0.282 e. The van der Waals surface area contributed by atoms with Crippen LogP contribution < -0.4 is 4.90 Å². The Labute approximate surface area is 168 Å². The first kappa shape index (κ1) is 17.8. The van der Waals surface area contributed by atoms with Crippen molar-refractivity contribution >= 4 is 29.3 Å². The van der Waals surface area contributed by atoms with Gasteiger partial charge in [-0.25, -0.2) is 4.90 Å². The van der Waals surface area contributed by atoms with Gasteiger partial charge < -0.3 is 0 Å². The molecular weight excluding hydrogens is 368 g/mol. The number of hydrogen-bond donors (Lipinski definition) is 0. The van der Waals surface area contributed by atoms with Crippen LogP contribution in [-0.4, -0.2) is 35.1 Å². The fourth-order valence-corrected chi connectivity index (χ4v) is 5.08. The van der Waals surface area contributed by atoms with Gasteiger partial charge in [-0.2, -0.15) is 0 Å². The SMILES string of the molecule is O=C1C2C3C=CC(C3)C2C(=O)N1CCC=C=C1CC(=O)N(c2ccccc2)C1=O. The van der Waals surface area contributed by atoms with Crippen LogP contribution in [0.25, 0.3) is 0 Å². The van der Waals surface area contributed by atoms with Gasteiger partial charge >= 0.3 is 0 Å². The third-order valence-corrected chi connectivity index (χ3v) is 6.39. The molecule has 2 saturated heterocycles. The van der Waals surface area contributed by atoms with Gasteiger partial charge in [0.15, 0.2) is 0 Å². The quantitative estimate of drug-likeness (QED) is 0.343. The molecule has 4 amide bonds. The monoisotopic (exact) mass is 388 g/mol. The second-order valence-electron chi connectivity index (χ2n) is 7.99. The number of para-hydroxylation sites is 1. The van der Waals surface area contributed by atoms with E-state index in [-0.39, 0.29) is 60.3 Å². The van der Waals surface area contributed by atoms with Crippen LogP contribution in [0.1, 0.15) is 19.3 Å². The number of benzene rings is 1. The Morgan fingerprint density at radius 3 is 2.28 bits per heavy atom. The van der Waals surface area contributed by atoms with Crippen molar-refractivity contribution in [2.45, 2.75) is 19.3 Å². The molecule has 146 valence electrons. The lowest BCUT2D eigenvalue weighted by molar-refractivity contribution is -0.140. The second-order valence-corrected chi connectivity index (χ2v) is 7.99. The second kappa shape index (κ2) is 6.68. The lowest BCUT2D eigenvalue weighted by Gasteiger charge is -2.15. The molecule has 0 spiro atoms. The number of likely N-dealkylation sites (tertiary alicyclic amines) is 1. The Balaban J connectivity index is 1.26. The first-order chi connectivity index (χ1) is 14.1. The van der Waals surface area contributed by atoms with E-state index in [9.17, 15) is 19.2 Å². The van der Waals surface area contributed by atoms with Crippen LogP contribution in [0.2, 0.25) is 0 Å². The number of nitrogens with zero attached hydrogens (tertiary/aromatic N) is 2. The van der Waals surface area contributed by atoms with Crippen LogP contribution in [0.5, 0.6) is 0 Å². The molecule has 1 aromatic carbocycles. The van der Waals surface area contributed by atoms with E-state index in [1.54, 1.807) is 30.3 Å². The highest BCUT2D eigenvalue weighted by atomic mass is 16.2. The number of carbonyl (C=O) groups excluding carboxylic acids is 4. The standard InChI is InChI=1S/C23H20N2O4/c26-18-13-16(21(27)25(18)17-7-2-1-3-8-17)6-4-5-11-24-22(28)19-14-9-10-15(12-14)20(19)23(24)29/h1-4,7-10,14-15,19-20H,5,11-13H2. The average molecular weight is 388 g/mol. The smallest absolute Gasteiger partial charge is 0.269 e. The van der Waals surface area contributed by atoms with Crippen LogP contribution in [0, 0.1) is 23.7 Å². The summed E-state index contributed by atoms with van der Waals surface area (Å²) in [5.41, 5.74) is 3.76. The summed E-state index contributed by atoms with van der Waals surface area (Å²) in [6.07, 6.45) is 7.14. The molecule has 4 atom stereocenters. The van der Waals surface area contributed by atoms with E-state index in [1.165, 1.54) is 4.90 Å². The lowest BCUT2D eigenvalue weighted by atomic mass is 9.85. The van der Waals surface area contributed by atoms with Crippen molar-refractivity contribution in [2.75, 3.05) is 11.4 Å². The minimum absolute atomic E-state index is 0.00494. The van der Waals surface area contributed by atoms with E-state index in [2.05, 4.69) is 17.9 Å². The van der Waals surface area contributed by atoms with Gasteiger partial charge in [0.25, 0.3) is 5.91 Å². The summed E-state index contributed by atoms with van der Waals surface area (Å²) in [6, 6.07) is 8.79. The van der Waals surface area contributed by atoms with Crippen molar-refractivity contribution in [3.63, 3.8) is 0 Å². The minimum Gasteiger partial charge on any atom is -0.282 e. The molecule has 29 heavy (non-hydrogen) atoms. The lowest BCUT2D eigenvalue weighted by Crippen LogP contribution is -2.33. The maximum absolute atomic E-state index is 12.7. The van der Waals surface area contributed by atoms with Gasteiger partial charge in [-0.3, -0.25) is 24.1 Å². The Morgan fingerprint density at radius 2 is 1.62 bits per heavy atom. The molecule has 0 radical (unpaired) electrons. The number of allylic oxidation sites excluding steroid dienone is 2. The molecule has 3 fully saturated rings. The number of anilines is 1. The topological polar surface area (TPSA) is 74.8 Å². The molecule has 0 aromatic heterocycles. The summed E-state index contributed by atoms with van der Waals surface area (Å²) in [6.45, 7) is 0.287. The fourth-order valence-electron chi connectivity index (χ4n) is 5.08. The molecule has 4 unspecified atom stereocenters. The van der Waals surface area contributed by atoms with E-state index in [4.69, 9.17) is 0 Å². The summed E-state index contributed by atoms with van der Waals surface area (Å²) >= 11 is 0. The maximum Gasteiger partial charge on any atom is 0.269 e. The molecule has 2 aliphatic heterocycles. The number of carbonyl (C=O) groups is 4. The van der Waals surface area contributed by atoms with Crippen LogP contribution in [-0.2, 0) is 19.2 Å². The molecule has 6 heteroatoms. The van der Waals surface area contributed by atoms with Crippen molar-refractivity contribution in [1.29, 1.82) is 0 Å². The zero-order chi connectivity index (χ0) is 20.1. The zero-order valence-corrected chi connectivity index (χ0v) is 15.8. The molecule has 5 rings (SSSR count). The summed E-state index contributed by atoms with van der Waals surface area (Å²) in [5, 5.41) is 0. The van der Waals surface area contributed by atoms with Crippen molar-refractivity contribution in [2.24, 2.45) is 23.7 Å². The van der Waals surface area contributed by atoms with Gasteiger partial charge in [0.05, 0.1) is 29.5 Å². The number of hydrogen-bond acceptors (Lipinski definition) is 4. The minimum atomic E-state index is -0.372. The van der Waals surface area contributed by atoms with Gasteiger partial charge in [0.2, 0.25) is 17.7 Å². The molecule has 2 aliphatic carbocycles. The molecule has 6 nitrogen and oxygen atoms in total. The third-order valence-electron chi connectivity index (χ3n) is 6.39. The highest BCUT2D eigenvalue weighted by molar-refractivity contribution is 6.28. The van der Waals surface area contributed by atoms with E-state index in [0.29, 0.717) is 17.7 Å². The van der Waals surface area contributed by atoms with Crippen LogP contribution in [0.15, 0.2) is 59.9 Å². The van der Waals surface area contributed by atoms with Crippen molar-refractivity contribution in [1.82, 2.24) is 4.90 Å². The third kappa shape index (κ3) is 2.71. The molecule has 2 bridgehead atoms. The van der Waals surface area contributed by atoms with E-state index in [0.717, 1.165) is 11.3 Å². The maximum atomic E-state index is 12.7. The first-order valence-electron chi connectivity index (χ1n) is 9.96. The molecule has 4 aliphatic rings. The van der Waals surface area contributed by atoms with Gasteiger partial charge in [0, 0.05) is 6.54 Å². The van der Waals surface area contributed by atoms with Crippen LogP contribution in [0.3, 0.4) is 0 Å². The van der Waals surface area contributed by atoms with Gasteiger partial charge in [-0.05, 0) is 42.9 Å². The van der Waals surface area contributed by atoms with Crippen LogP contribution >= 0.6 is 0 Å². The predicted molar refractivity (Wildman–Crippen MR) is 104 cm³/mol. The first-order valence-corrected chi connectivity index (χ1v) is 9.96. The van der Waals surface area contributed by atoms with E-state index in [1.807, 2.05) is 6.07 Å². The Morgan fingerprint density at radius 1 is 0.966 bits per heavy atom. The average Bonchev–Trinajstić information content (AvgIpc) is 3.45. The number of amides is 4. The Bertz CT molecular complexity index is 989. The van der Waals surface area contributed by atoms with Crippen molar-refractivity contribution in [3.8, 4) is 0 Å². The fraction of sp³-hybridized carbons (Fsp3) is 0.348. The van der Waals surface area contributed by atoms with Gasteiger partial charge in [0.1, 0.15) is 0 Å². The Kier molecular flexibility index (Phi) is 4.10. The predicted octanol–water partition coefficient (Wildman–Crippen LogP) is 2.23. The summed E-state index contributed by atoms with van der Waals surface area (Å²) in [4.78, 5) is 52.6.